The fourth-order valence-corrected chi connectivity index (χ4v) is 10.5. The molecule has 4 bridgehead atoms. The van der Waals surface area contributed by atoms with Crippen LogP contribution in [0.4, 0.5) is 13.2 Å². The van der Waals surface area contributed by atoms with Crippen LogP contribution in [0.15, 0.2) is 36.4 Å². The number of thioether (sulfide) groups is 1. The van der Waals surface area contributed by atoms with E-state index >= 15 is 0 Å². The number of hydrogen-bond acceptors (Lipinski definition) is 12. The predicted octanol–water partition coefficient (Wildman–Crippen LogP) is 5.23. The molecule has 0 radical (unpaired) electrons. The second-order valence-electron chi connectivity index (χ2n) is 14.3. The maximum atomic E-state index is 13.8. The molecule has 0 aromatic heterocycles. The van der Waals surface area contributed by atoms with Gasteiger partial charge in [0.25, 0.3) is 0 Å². The summed E-state index contributed by atoms with van der Waals surface area (Å²) in [6.07, 6.45) is -1.59. The first-order valence-corrected chi connectivity index (χ1v) is 18.7. The summed E-state index contributed by atoms with van der Waals surface area (Å²) in [5, 5.41) is 36.8. The van der Waals surface area contributed by atoms with Crippen molar-refractivity contribution >= 4 is 29.7 Å². The standard InChI is InChI=1S/C39H37F3N4O8S/c1-17-11-20-12-23-24(13-43)46-25-14-52-38(50)22(44-26(47)10-7-19-5-8-21(9-6-19)39(40,41)42)15-55-37(29-28(25)36-35(53-16-54-36)18(2)32(29)48)31(46)30(45(23)3)27(20)33(49)34(17)51-4/h5-11,22-25,30-31,37,48-49H,12,14-16H2,1-4H3,(H,44,47)/b10-7+/t22-,23-,24-,25-,30+,31?,37+/m0/s1. The van der Waals surface area contributed by atoms with Crippen LogP contribution >= 0.6 is 11.8 Å². The van der Waals surface area contributed by atoms with Crippen molar-refractivity contribution in [2.24, 2.45) is 0 Å². The van der Waals surface area contributed by atoms with Gasteiger partial charge in [0.2, 0.25) is 12.7 Å². The Kier molecular flexibility index (Phi) is 9.09. The van der Waals surface area contributed by atoms with E-state index in [9.17, 15) is 38.2 Å². The average molecular weight is 779 g/mol. The highest BCUT2D eigenvalue weighted by Gasteiger charge is 2.60. The number of piperazine rings is 1. The Labute approximate surface area is 318 Å². The zero-order valence-electron chi connectivity index (χ0n) is 30.1. The fourth-order valence-electron chi connectivity index (χ4n) is 8.98. The first-order chi connectivity index (χ1) is 26.2. The molecule has 6 aliphatic heterocycles. The van der Waals surface area contributed by atoms with Crippen LogP contribution in [0.3, 0.4) is 0 Å². The number of alkyl halides is 3. The van der Waals surface area contributed by atoms with E-state index < -0.39 is 59.1 Å². The van der Waals surface area contributed by atoms with Gasteiger partial charge in [-0.1, -0.05) is 18.2 Å². The number of methoxy groups -OCH3 is 1. The molecule has 2 saturated heterocycles. The second-order valence-corrected chi connectivity index (χ2v) is 15.5. The van der Waals surface area contributed by atoms with Crippen molar-refractivity contribution in [1.82, 2.24) is 15.1 Å². The summed E-state index contributed by atoms with van der Waals surface area (Å²) in [5.41, 5.74) is 3.33. The Bertz CT molecular complexity index is 2170. The number of aromatic hydroxyl groups is 2. The molecule has 16 heteroatoms. The maximum Gasteiger partial charge on any atom is 0.416 e. The lowest BCUT2D eigenvalue weighted by atomic mass is 9.71. The number of aryl methyl sites for hydroxylation is 1. The highest BCUT2D eigenvalue weighted by Crippen LogP contribution is 2.63. The molecular weight excluding hydrogens is 742 g/mol. The molecule has 7 atom stereocenters. The molecule has 0 spiro atoms. The molecule has 6 aliphatic rings. The Morgan fingerprint density at radius 1 is 1.09 bits per heavy atom. The van der Waals surface area contributed by atoms with Crippen LogP contribution < -0.4 is 19.5 Å². The van der Waals surface area contributed by atoms with Gasteiger partial charge in [0, 0.05) is 46.2 Å². The number of likely N-dealkylation sites (N-methyl/N-ethyl adjacent to an activating group) is 1. The molecule has 12 nitrogen and oxygen atoms in total. The van der Waals surface area contributed by atoms with E-state index in [0.717, 1.165) is 29.3 Å². The lowest BCUT2D eigenvalue weighted by Gasteiger charge is -2.61. The maximum absolute atomic E-state index is 13.8. The van der Waals surface area contributed by atoms with Gasteiger partial charge in [-0.2, -0.15) is 18.4 Å². The van der Waals surface area contributed by atoms with E-state index in [2.05, 4.69) is 16.3 Å². The van der Waals surface area contributed by atoms with E-state index in [1.54, 1.807) is 6.92 Å². The molecule has 3 aromatic rings. The second kappa shape index (κ2) is 13.6. The number of nitriles is 1. The molecule has 55 heavy (non-hydrogen) atoms. The number of amides is 1. The van der Waals surface area contributed by atoms with E-state index in [4.69, 9.17) is 18.9 Å². The van der Waals surface area contributed by atoms with Crippen LogP contribution in [0.25, 0.3) is 6.08 Å². The molecule has 6 heterocycles. The number of phenols is 2. The van der Waals surface area contributed by atoms with Gasteiger partial charge >= 0.3 is 12.1 Å². The number of carbonyl (C=O) groups is 2. The number of hydrogen-bond donors (Lipinski definition) is 3. The van der Waals surface area contributed by atoms with Gasteiger partial charge in [0.1, 0.15) is 24.4 Å². The summed E-state index contributed by atoms with van der Waals surface area (Å²) < 4.78 is 62.6. The quantitative estimate of drug-likeness (QED) is 0.235. The van der Waals surface area contributed by atoms with Crippen molar-refractivity contribution in [1.29, 1.82) is 5.26 Å². The van der Waals surface area contributed by atoms with Crippen LogP contribution in [0.1, 0.15) is 61.8 Å². The molecule has 2 fully saturated rings. The van der Waals surface area contributed by atoms with Gasteiger partial charge < -0.3 is 34.5 Å². The van der Waals surface area contributed by atoms with Crippen LogP contribution in [-0.4, -0.2) is 89.4 Å². The van der Waals surface area contributed by atoms with Crippen molar-refractivity contribution in [2.75, 3.05) is 33.3 Å². The van der Waals surface area contributed by atoms with Crippen LogP contribution in [0.5, 0.6) is 28.7 Å². The zero-order valence-corrected chi connectivity index (χ0v) is 31.0. The Morgan fingerprint density at radius 3 is 2.51 bits per heavy atom. The molecule has 1 amide bonds. The summed E-state index contributed by atoms with van der Waals surface area (Å²) in [7, 11) is 3.41. The number of nitrogens with one attached hydrogen (secondary N) is 1. The Balaban J connectivity index is 1.22. The minimum atomic E-state index is -4.50. The molecule has 1 unspecified atom stereocenters. The third kappa shape index (κ3) is 5.82. The normalized spacial score (nSPS) is 27.1. The van der Waals surface area contributed by atoms with Gasteiger partial charge in [-0.05, 0) is 62.2 Å². The van der Waals surface area contributed by atoms with Crippen LogP contribution in [-0.2, 0) is 26.9 Å². The lowest BCUT2D eigenvalue weighted by Crippen LogP contribution is -2.69. The van der Waals surface area contributed by atoms with Crippen molar-refractivity contribution < 1.29 is 51.9 Å². The number of nitrogens with zero attached hydrogens (tertiary/aromatic N) is 3. The molecular formula is C39H37F3N4O8S. The summed E-state index contributed by atoms with van der Waals surface area (Å²) in [4.78, 5) is 31.1. The topological polar surface area (TPSA) is 154 Å². The largest absolute Gasteiger partial charge is 0.507 e. The van der Waals surface area contributed by atoms with Gasteiger partial charge in [0.15, 0.2) is 23.0 Å². The fraction of sp³-hybridized carbons (Fsp3) is 0.410. The minimum absolute atomic E-state index is 0.0103. The van der Waals surface area contributed by atoms with E-state index in [1.165, 1.54) is 37.1 Å². The monoisotopic (exact) mass is 778 g/mol. The zero-order chi connectivity index (χ0) is 39.1. The number of rotatable bonds is 4. The predicted molar refractivity (Wildman–Crippen MR) is 193 cm³/mol. The third-order valence-corrected chi connectivity index (χ3v) is 12.8. The molecule has 9 rings (SSSR count). The number of phenolic OH excluding ortho intramolecular Hbond substituents is 2. The van der Waals surface area contributed by atoms with Crippen molar-refractivity contribution in [3.63, 3.8) is 0 Å². The van der Waals surface area contributed by atoms with Crippen molar-refractivity contribution in [3.8, 4) is 34.8 Å². The number of benzene rings is 3. The molecule has 3 aromatic carbocycles. The van der Waals surface area contributed by atoms with Crippen molar-refractivity contribution in [2.45, 2.75) is 67.9 Å². The minimum Gasteiger partial charge on any atom is -0.507 e. The molecule has 0 aliphatic carbocycles. The lowest BCUT2D eigenvalue weighted by molar-refractivity contribution is -0.152. The van der Waals surface area contributed by atoms with E-state index in [1.807, 2.05) is 24.9 Å². The number of esters is 1. The first-order valence-electron chi connectivity index (χ1n) is 17.6. The number of ether oxygens (including phenoxy) is 4. The highest BCUT2D eigenvalue weighted by atomic mass is 32.2. The summed E-state index contributed by atoms with van der Waals surface area (Å²) in [6, 6.07) is 4.67. The molecule has 0 saturated carbocycles. The number of fused-ring (bicyclic) bond motifs is 10. The number of carbonyl (C=O) groups excluding carboxylic acids is 2. The third-order valence-electron chi connectivity index (χ3n) is 11.4. The Hall–Kier alpha value is -5.11. The summed E-state index contributed by atoms with van der Waals surface area (Å²) in [6.45, 7) is 3.21. The van der Waals surface area contributed by atoms with Crippen molar-refractivity contribution in [3.05, 3.63) is 80.9 Å². The van der Waals surface area contributed by atoms with E-state index in [-0.39, 0.29) is 36.7 Å². The molecule has 288 valence electrons. The SMILES string of the molecule is COc1c(C)cc2c(c1O)[C@@H]1C3[C@@H]4SC[C@H](NC(=O)/C=C/c5ccc(C(F)(F)F)cc5)C(=O)OC[C@@H](c5c6c(c(C)c(O)c54)OCO6)N3[C@@H](C#N)[C@H](C2)N1C. The highest BCUT2D eigenvalue weighted by molar-refractivity contribution is 7.99. The average Bonchev–Trinajstić information content (AvgIpc) is 3.64. The first kappa shape index (κ1) is 36.8. The molecule has 3 N–H and O–H groups in total. The van der Waals surface area contributed by atoms with Crippen LogP contribution in [0, 0.1) is 25.2 Å². The van der Waals surface area contributed by atoms with E-state index in [0.29, 0.717) is 51.5 Å². The summed E-state index contributed by atoms with van der Waals surface area (Å²) in [5.74, 6) is -0.383. The van der Waals surface area contributed by atoms with Gasteiger partial charge in [-0.15, -0.1) is 11.8 Å². The van der Waals surface area contributed by atoms with Crippen LogP contribution in [0.2, 0.25) is 0 Å². The van der Waals surface area contributed by atoms with Gasteiger partial charge in [0.05, 0.1) is 36.1 Å². The summed E-state index contributed by atoms with van der Waals surface area (Å²) >= 11 is 1.29. The van der Waals surface area contributed by atoms with Gasteiger partial charge in [-0.3, -0.25) is 14.6 Å². The smallest absolute Gasteiger partial charge is 0.416 e. The number of halogens is 3. The Morgan fingerprint density at radius 2 is 1.82 bits per heavy atom. The van der Waals surface area contributed by atoms with Gasteiger partial charge in [-0.25, -0.2) is 4.79 Å².